The fourth-order valence-corrected chi connectivity index (χ4v) is 3.71. The third-order valence-electron chi connectivity index (χ3n) is 5.03. The highest BCUT2D eigenvalue weighted by Gasteiger charge is 2.55. The second-order valence-corrected chi connectivity index (χ2v) is 8.28. The zero-order valence-corrected chi connectivity index (χ0v) is 15.7. The molecule has 3 rings (SSSR count). The normalized spacial score (nSPS) is 24.4. The van der Waals surface area contributed by atoms with Crippen molar-refractivity contribution >= 4 is 18.0 Å². The van der Waals surface area contributed by atoms with E-state index < -0.39 is 0 Å². The standard InChI is InChI=1S/C20H28N4O2/c1-20(2,3)23-19(26)24-12-16-15(17(16)13-24)8-10-22-18(25)7-6-14-5-4-9-21-11-14/h4-7,9,11,15-17H,8,10,12-13H2,1-3H3,(H,22,25)(H,23,26)/b7-6+/t15-,16-,17+. The van der Waals surface area contributed by atoms with Gasteiger partial charge in [-0.2, -0.15) is 0 Å². The zero-order valence-electron chi connectivity index (χ0n) is 15.7. The molecule has 6 heteroatoms. The van der Waals surface area contributed by atoms with E-state index >= 15 is 0 Å². The SMILES string of the molecule is CC(C)(C)NC(=O)N1C[C@@H]2[C@@H](CCNC(=O)/C=C/c3cccnc3)[C@@H]2C1. The third-order valence-corrected chi connectivity index (χ3v) is 5.03. The summed E-state index contributed by atoms with van der Waals surface area (Å²) >= 11 is 0. The van der Waals surface area contributed by atoms with E-state index in [4.69, 9.17) is 0 Å². The molecule has 0 unspecified atom stereocenters. The van der Waals surface area contributed by atoms with Crippen LogP contribution in [0.4, 0.5) is 4.79 Å². The highest BCUT2D eigenvalue weighted by atomic mass is 16.2. The number of nitrogens with one attached hydrogen (secondary N) is 2. The molecule has 0 radical (unpaired) electrons. The molecule has 3 atom stereocenters. The van der Waals surface area contributed by atoms with Gasteiger partial charge in [-0.05, 0) is 62.7 Å². The Labute approximate surface area is 155 Å². The first-order chi connectivity index (χ1) is 12.3. The van der Waals surface area contributed by atoms with Crippen LogP contribution in [0.1, 0.15) is 32.8 Å². The molecule has 1 saturated carbocycles. The maximum absolute atomic E-state index is 12.2. The molecule has 1 aliphatic heterocycles. The lowest BCUT2D eigenvalue weighted by molar-refractivity contribution is -0.116. The first kappa shape index (κ1) is 18.4. The summed E-state index contributed by atoms with van der Waals surface area (Å²) in [6.45, 7) is 8.35. The molecular formula is C20H28N4O2. The van der Waals surface area contributed by atoms with Crippen LogP contribution in [0.5, 0.6) is 0 Å². The first-order valence-electron chi connectivity index (χ1n) is 9.26. The zero-order chi connectivity index (χ0) is 18.7. The summed E-state index contributed by atoms with van der Waals surface area (Å²) in [5.74, 6) is 1.76. The topological polar surface area (TPSA) is 74.3 Å². The molecule has 0 aromatic carbocycles. The van der Waals surface area contributed by atoms with Gasteiger partial charge in [-0.15, -0.1) is 0 Å². The van der Waals surface area contributed by atoms with Crippen LogP contribution in [0.15, 0.2) is 30.6 Å². The van der Waals surface area contributed by atoms with Crippen molar-refractivity contribution in [3.8, 4) is 0 Å². The van der Waals surface area contributed by atoms with Crippen molar-refractivity contribution in [2.24, 2.45) is 17.8 Å². The van der Waals surface area contributed by atoms with Gasteiger partial charge in [0.15, 0.2) is 0 Å². The number of pyridine rings is 1. The van der Waals surface area contributed by atoms with Crippen LogP contribution in [0.2, 0.25) is 0 Å². The van der Waals surface area contributed by atoms with Gasteiger partial charge in [-0.1, -0.05) is 6.07 Å². The lowest BCUT2D eigenvalue weighted by Gasteiger charge is -2.27. The molecule has 26 heavy (non-hydrogen) atoms. The molecule has 6 nitrogen and oxygen atoms in total. The number of urea groups is 1. The van der Waals surface area contributed by atoms with Crippen LogP contribution < -0.4 is 10.6 Å². The smallest absolute Gasteiger partial charge is 0.317 e. The van der Waals surface area contributed by atoms with Crippen molar-refractivity contribution in [2.75, 3.05) is 19.6 Å². The molecule has 3 amide bonds. The first-order valence-corrected chi connectivity index (χ1v) is 9.26. The predicted octanol–water partition coefficient (Wildman–Crippen LogP) is 2.29. The summed E-state index contributed by atoms with van der Waals surface area (Å²) in [6, 6.07) is 3.79. The van der Waals surface area contributed by atoms with Crippen LogP contribution in [0.3, 0.4) is 0 Å². The number of nitrogens with zero attached hydrogens (tertiary/aromatic N) is 2. The van der Waals surface area contributed by atoms with Crippen LogP contribution in [0, 0.1) is 17.8 Å². The minimum atomic E-state index is -0.198. The Morgan fingerprint density at radius 2 is 2.04 bits per heavy atom. The second-order valence-electron chi connectivity index (χ2n) is 8.28. The van der Waals surface area contributed by atoms with E-state index in [1.165, 1.54) is 0 Å². The van der Waals surface area contributed by atoms with Gasteiger partial charge in [0.25, 0.3) is 0 Å². The number of aromatic nitrogens is 1. The molecule has 2 aliphatic rings. The minimum Gasteiger partial charge on any atom is -0.353 e. The average Bonchev–Trinajstić information content (AvgIpc) is 3.02. The Morgan fingerprint density at radius 1 is 1.31 bits per heavy atom. The Balaban J connectivity index is 1.33. The Kier molecular flexibility index (Phi) is 5.30. The molecule has 2 fully saturated rings. The van der Waals surface area contributed by atoms with Crippen molar-refractivity contribution < 1.29 is 9.59 Å². The Bertz CT molecular complexity index is 669. The Morgan fingerprint density at radius 3 is 2.65 bits per heavy atom. The van der Waals surface area contributed by atoms with E-state index in [0.29, 0.717) is 24.3 Å². The highest BCUT2D eigenvalue weighted by molar-refractivity contribution is 5.91. The number of hydrogen-bond donors (Lipinski definition) is 2. The van der Waals surface area contributed by atoms with Gasteiger partial charge < -0.3 is 15.5 Å². The van der Waals surface area contributed by atoms with Crippen molar-refractivity contribution in [1.29, 1.82) is 0 Å². The molecule has 0 bridgehead atoms. The van der Waals surface area contributed by atoms with Crippen molar-refractivity contribution in [3.05, 3.63) is 36.2 Å². The average molecular weight is 356 g/mol. The monoisotopic (exact) mass is 356 g/mol. The van der Waals surface area contributed by atoms with E-state index in [-0.39, 0.29) is 17.5 Å². The lowest BCUT2D eigenvalue weighted by Crippen LogP contribution is -2.48. The van der Waals surface area contributed by atoms with Crippen LogP contribution in [0.25, 0.3) is 6.08 Å². The molecule has 2 heterocycles. The minimum absolute atomic E-state index is 0.0392. The van der Waals surface area contributed by atoms with Crippen LogP contribution in [-0.2, 0) is 4.79 Å². The van der Waals surface area contributed by atoms with Crippen molar-refractivity contribution in [3.63, 3.8) is 0 Å². The number of carbonyl (C=O) groups excluding carboxylic acids is 2. The highest BCUT2D eigenvalue weighted by Crippen LogP contribution is 2.53. The van der Waals surface area contributed by atoms with Gasteiger partial charge >= 0.3 is 6.03 Å². The summed E-state index contributed by atoms with van der Waals surface area (Å²) in [5, 5.41) is 5.96. The lowest BCUT2D eigenvalue weighted by atomic mass is 10.1. The number of hydrogen-bond acceptors (Lipinski definition) is 3. The van der Waals surface area contributed by atoms with Gasteiger partial charge in [0, 0.05) is 43.6 Å². The van der Waals surface area contributed by atoms with Crippen LogP contribution >= 0.6 is 0 Å². The summed E-state index contributed by atoms with van der Waals surface area (Å²) < 4.78 is 0. The Hall–Kier alpha value is -2.37. The van der Waals surface area contributed by atoms with E-state index in [1.54, 1.807) is 24.5 Å². The maximum atomic E-state index is 12.2. The van der Waals surface area contributed by atoms with Gasteiger partial charge in [0.2, 0.25) is 5.91 Å². The molecule has 140 valence electrons. The van der Waals surface area contributed by atoms with Gasteiger partial charge in [-0.3, -0.25) is 9.78 Å². The van der Waals surface area contributed by atoms with Gasteiger partial charge in [-0.25, -0.2) is 4.79 Å². The van der Waals surface area contributed by atoms with Crippen molar-refractivity contribution in [2.45, 2.75) is 32.7 Å². The number of rotatable bonds is 5. The largest absolute Gasteiger partial charge is 0.353 e. The van der Waals surface area contributed by atoms with E-state index in [2.05, 4.69) is 15.6 Å². The number of carbonyl (C=O) groups is 2. The number of likely N-dealkylation sites (tertiary alicyclic amines) is 1. The number of fused-ring (bicyclic) bond motifs is 1. The van der Waals surface area contributed by atoms with E-state index in [1.807, 2.05) is 37.8 Å². The quantitative estimate of drug-likeness (QED) is 0.795. The maximum Gasteiger partial charge on any atom is 0.317 e. The molecule has 2 N–H and O–H groups in total. The van der Waals surface area contributed by atoms with E-state index in [9.17, 15) is 9.59 Å². The molecule has 1 aromatic heterocycles. The summed E-state index contributed by atoms with van der Waals surface area (Å²) in [4.78, 5) is 30.0. The molecule has 0 spiro atoms. The van der Waals surface area contributed by atoms with Crippen molar-refractivity contribution in [1.82, 2.24) is 20.5 Å². The summed E-state index contributed by atoms with van der Waals surface area (Å²) in [6.07, 6.45) is 7.72. The number of amides is 3. The third kappa shape index (κ3) is 4.84. The summed E-state index contributed by atoms with van der Waals surface area (Å²) in [5.41, 5.74) is 0.713. The summed E-state index contributed by atoms with van der Waals surface area (Å²) in [7, 11) is 0. The molecular weight excluding hydrogens is 328 g/mol. The fourth-order valence-electron chi connectivity index (χ4n) is 3.71. The van der Waals surface area contributed by atoms with E-state index in [0.717, 1.165) is 25.1 Å². The number of piperidine rings is 1. The molecule has 1 saturated heterocycles. The second kappa shape index (κ2) is 7.48. The predicted molar refractivity (Wildman–Crippen MR) is 101 cm³/mol. The molecule has 1 aliphatic carbocycles. The van der Waals surface area contributed by atoms with Gasteiger partial charge in [0.1, 0.15) is 0 Å². The van der Waals surface area contributed by atoms with Gasteiger partial charge in [0.05, 0.1) is 0 Å². The fraction of sp³-hybridized carbons (Fsp3) is 0.550. The molecule has 1 aromatic rings. The van der Waals surface area contributed by atoms with Crippen LogP contribution in [-0.4, -0.2) is 47.0 Å².